The number of oxazole rings is 1. The standard InChI is InChI=1S/C19H15N3O7/c1-7(2)5-8-3-4-9-12(20-8)13-15(29-16(21-13)18(25)26)11-10(17(23)24)6-22(14(9)11)19(27)28/h3-4,6-7H,5H2,1-2H3,(H,23,24)(H,25,26)(H,27,28). The summed E-state index contributed by atoms with van der Waals surface area (Å²) in [5.74, 6) is -3.15. The smallest absolute Gasteiger partial charge is 0.416 e. The van der Waals surface area contributed by atoms with E-state index in [1.165, 1.54) is 0 Å². The first-order valence-corrected chi connectivity index (χ1v) is 8.66. The van der Waals surface area contributed by atoms with E-state index in [1.807, 2.05) is 13.8 Å². The molecule has 0 aliphatic rings. The number of carbonyl (C=O) groups is 3. The second-order valence-corrected chi connectivity index (χ2v) is 7.02. The summed E-state index contributed by atoms with van der Waals surface area (Å²) in [7, 11) is 0. The van der Waals surface area contributed by atoms with Crippen LogP contribution in [0.1, 0.15) is 40.6 Å². The summed E-state index contributed by atoms with van der Waals surface area (Å²) in [6.07, 6.45) is 0.200. The topological polar surface area (TPSA) is 156 Å². The van der Waals surface area contributed by atoms with Crippen LogP contribution in [0.4, 0.5) is 4.79 Å². The van der Waals surface area contributed by atoms with Crippen LogP contribution in [0.2, 0.25) is 0 Å². The predicted octanol–water partition coefficient (Wildman–Crippen LogP) is 3.45. The maximum Gasteiger partial charge on any atom is 0.416 e. The van der Waals surface area contributed by atoms with Crippen LogP contribution in [0.3, 0.4) is 0 Å². The van der Waals surface area contributed by atoms with Gasteiger partial charge in [0, 0.05) is 17.3 Å². The molecule has 4 rings (SSSR count). The van der Waals surface area contributed by atoms with Gasteiger partial charge in [0.05, 0.1) is 16.5 Å². The molecule has 0 radical (unpaired) electrons. The summed E-state index contributed by atoms with van der Waals surface area (Å²) in [6, 6.07) is 3.37. The van der Waals surface area contributed by atoms with Crippen molar-refractivity contribution in [2.45, 2.75) is 20.3 Å². The number of hydrogen-bond donors (Lipinski definition) is 3. The number of benzene rings is 1. The average Bonchev–Trinajstić information content (AvgIpc) is 3.23. The van der Waals surface area contributed by atoms with E-state index in [4.69, 9.17) is 4.42 Å². The van der Waals surface area contributed by atoms with E-state index in [1.54, 1.807) is 12.1 Å². The molecule has 0 spiro atoms. The largest absolute Gasteiger partial charge is 0.478 e. The first kappa shape index (κ1) is 18.4. The second kappa shape index (κ2) is 6.30. The zero-order chi connectivity index (χ0) is 21.0. The van der Waals surface area contributed by atoms with Crippen molar-refractivity contribution in [1.82, 2.24) is 14.5 Å². The van der Waals surface area contributed by atoms with E-state index in [0.29, 0.717) is 23.4 Å². The average molecular weight is 397 g/mol. The highest BCUT2D eigenvalue weighted by atomic mass is 16.4. The van der Waals surface area contributed by atoms with Gasteiger partial charge in [0.2, 0.25) is 0 Å². The van der Waals surface area contributed by atoms with Gasteiger partial charge in [-0.05, 0) is 24.5 Å². The van der Waals surface area contributed by atoms with Gasteiger partial charge in [-0.3, -0.25) is 9.55 Å². The van der Waals surface area contributed by atoms with Gasteiger partial charge in [0.15, 0.2) is 5.58 Å². The van der Waals surface area contributed by atoms with E-state index in [9.17, 15) is 29.7 Å². The molecule has 0 bridgehead atoms. The highest BCUT2D eigenvalue weighted by Crippen LogP contribution is 2.37. The molecule has 3 N–H and O–H groups in total. The minimum atomic E-state index is -1.43. The minimum Gasteiger partial charge on any atom is -0.478 e. The lowest BCUT2D eigenvalue weighted by atomic mass is 10.0. The summed E-state index contributed by atoms with van der Waals surface area (Å²) in [6.45, 7) is 4.02. The van der Waals surface area contributed by atoms with Gasteiger partial charge in [0.1, 0.15) is 11.0 Å². The molecule has 10 nitrogen and oxygen atoms in total. The van der Waals surface area contributed by atoms with Gasteiger partial charge >= 0.3 is 23.9 Å². The summed E-state index contributed by atoms with van der Waals surface area (Å²) < 4.78 is 6.11. The highest BCUT2D eigenvalue weighted by molar-refractivity contribution is 6.26. The Labute approximate surface area is 162 Å². The lowest BCUT2D eigenvalue weighted by Gasteiger charge is -2.08. The Bertz CT molecular complexity index is 1350. The number of hydrogen-bond acceptors (Lipinski definition) is 6. The van der Waals surface area contributed by atoms with E-state index < -0.39 is 23.9 Å². The van der Waals surface area contributed by atoms with Crippen molar-refractivity contribution < 1.29 is 34.1 Å². The van der Waals surface area contributed by atoms with Crippen LogP contribution in [0, 0.1) is 5.92 Å². The van der Waals surface area contributed by atoms with Crippen molar-refractivity contribution in [3.63, 3.8) is 0 Å². The van der Waals surface area contributed by atoms with Crippen molar-refractivity contribution in [2.75, 3.05) is 0 Å². The molecule has 0 aliphatic heterocycles. The molecule has 4 aromatic rings. The molecular formula is C19H15N3O7. The molecule has 3 aromatic heterocycles. The molecule has 0 amide bonds. The summed E-state index contributed by atoms with van der Waals surface area (Å²) in [5.41, 5.74) is 0.611. The van der Waals surface area contributed by atoms with Crippen molar-refractivity contribution >= 4 is 50.9 Å². The third kappa shape index (κ3) is 2.76. The van der Waals surface area contributed by atoms with E-state index in [2.05, 4.69) is 9.97 Å². The third-order valence-electron chi connectivity index (χ3n) is 4.53. The third-order valence-corrected chi connectivity index (χ3v) is 4.53. The van der Waals surface area contributed by atoms with Crippen molar-refractivity contribution in [1.29, 1.82) is 0 Å². The van der Waals surface area contributed by atoms with Gasteiger partial charge in [-0.1, -0.05) is 13.8 Å². The Morgan fingerprint density at radius 3 is 2.38 bits per heavy atom. The number of pyridine rings is 1. The first-order chi connectivity index (χ1) is 13.7. The summed E-state index contributed by atoms with van der Waals surface area (Å²) in [5, 5.41) is 28.7. The number of carboxylic acids is 2. The van der Waals surface area contributed by atoms with E-state index in [0.717, 1.165) is 10.8 Å². The van der Waals surface area contributed by atoms with Crippen LogP contribution in [-0.4, -0.2) is 47.9 Å². The number of carboxylic acid groups (broad SMARTS) is 3. The SMILES string of the molecule is CC(C)Cc1ccc2c(n1)c1nc(C(=O)O)oc1c1c(C(=O)O)cn(C(=O)O)c21. The molecule has 0 fully saturated rings. The predicted molar refractivity (Wildman–Crippen MR) is 101 cm³/mol. The van der Waals surface area contributed by atoms with Gasteiger partial charge < -0.3 is 19.7 Å². The Kier molecular flexibility index (Phi) is 4.00. The van der Waals surface area contributed by atoms with Crippen molar-refractivity contribution in [2.24, 2.45) is 5.92 Å². The Morgan fingerprint density at radius 2 is 1.79 bits per heavy atom. The van der Waals surface area contributed by atoms with E-state index >= 15 is 0 Å². The highest BCUT2D eigenvalue weighted by Gasteiger charge is 2.27. The van der Waals surface area contributed by atoms with Crippen LogP contribution in [-0.2, 0) is 6.42 Å². The van der Waals surface area contributed by atoms with Crippen LogP contribution in [0.15, 0.2) is 22.7 Å². The Balaban J connectivity index is 2.27. The van der Waals surface area contributed by atoms with Gasteiger partial charge in [-0.25, -0.2) is 19.4 Å². The summed E-state index contributed by atoms with van der Waals surface area (Å²) >= 11 is 0. The quantitative estimate of drug-likeness (QED) is 0.469. The van der Waals surface area contributed by atoms with Crippen molar-refractivity contribution in [3.8, 4) is 0 Å². The van der Waals surface area contributed by atoms with Crippen LogP contribution in [0.25, 0.3) is 32.9 Å². The van der Waals surface area contributed by atoms with Crippen LogP contribution < -0.4 is 0 Å². The first-order valence-electron chi connectivity index (χ1n) is 8.66. The fourth-order valence-corrected chi connectivity index (χ4v) is 3.46. The van der Waals surface area contributed by atoms with Gasteiger partial charge in [-0.15, -0.1) is 0 Å². The lowest BCUT2D eigenvalue weighted by molar-refractivity contribution is 0.0654. The summed E-state index contributed by atoms with van der Waals surface area (Å²) in [4.78, 5) is 43.4. The molecule has 10 heteroatoms. The normalized spacial score (nSPS) is 11.7. The minimum absolute atomic E-state index is 0.0409. The zero-order valence-corrected chi connectivity index (χ0v) is 15.3. The van der Waals surface area contributed by atoms with Gasteiger partial charge in [-0.2, -0.15) is 0 Å². The number of fused-ring (bicyclic) bond motifs is 6. The van der Waals surface area contributed by atoms with Crippen LogP contribution >= 0.6 is 0 Å². The molecule has 29 heavy (non-hydrogen) atoms. The molecule has 0 saturated heterocycles. The fourth-order valence-electron chi connectivity index (χ4n) is 3.46. The maximum atomic E-state index is 11.8. The molecule has 0 aliphatic carbocycles. The number of aromatic carboxylic acids is 2. The molecule has 0 atom stereocenters. The van der Waals surface area contributed by atoms with Crippen LogP contribution in [0.5, 0.6) is 0 Å². The van der Waals surface area contributed by atoms with Gasteiger partial charge in [0.25, 0.3) is 0 Å². The van der Waals surface area contributed by atoms with E-state index in [-0.39, 0.29) is 33.1 Å². The Morgan fingerprint density at radius 1 is 1.07 bits per heavy atom. The molecule has 1 aromatic carbocycles. The molecule has 0 unspecified atom stereocenters. The molecule has 148 valence electrons. The maximum absolute atomic E-state index is 11.8. The fraction of sp³-hybridized carbons (Fsp3) is 0.211. The number of nitrogens with zero attached hydrogens (tertiary/aromatic N) is 3. The molecule has 0 saturated carbocycles. The zero-order valence-electron chi connectivity index (χ0n) is 15.3. The number of aromatic nitrogens is 3. The molecule has 3 heterocycles. The monoisotopic (exact) mass is 397 g/mol. The van der Waals surface area contributed by atoms with Crippen molar-refractivity contribution in [3.05, 3.63) is 35.5 Å². The second-order valence-electron chi connectivity index (χ2n) is 7.02. The molecular weight excluding hydrogens is 382 g/mol. The Hall–Kier alpha value is -3.95. The number of rotatable bonds is 4. The lowest BCUT2D eigenvalue weighted by Crippen LogP contribution is -2.06.